The van der Waals surface area contributed by atoms with Crippen molar-refractivity contribution < 1.29 is 27.9 Å². The number of hydrogen-bond donors (Lipinski definition) is 4. The number of nitrogens with two attached hydrogens (primary N) is 1. The molecule has 0 saturated heterocycles. The number of halogens is 2. The summed E-state index contributed by atoms with van der Waals surface area (Å²) < 4.78 is 34.8. The first kappa shape index (κ1) is 30.0. The fourth-order valence-electron chi connectivity index (χ4n) is 4.01. The number of aromatic amines is 1. The van der Waals surface area contributed by atoms with Crippen molar-refractivity contribution in [3.63, 3.8) is 0 Å². The lowest BCUT2D eigenvalue weighted by Crippen LogP contribution is -2.56. The quantitative estimate of drug-likeness (QED) is 0.254. The summed E-state index contributed by atoms with van der Waals surface area (Å²) in [6.07, 6.45) is -0.182. The summed E-state index contributed by atoms with van der Waals surface area (Å²) in [6, 6.07) is 15.6. The first-order valence-corrected chi connectivity index (χ1v) is 12.6. The Kier molecular flexibility index (Phi) is 9.76. The van der Waals surface area contributed by atoms with E-state index in [0.29, 0.717) is 17.0 Å². The zero-order valence-electron chi connectivity index (χ0n) is 22.4. The number of rotatable bonds is 12. The number of methoxy groups -OCH3 is 1. The number of ether oxygens (including phenoxy) is 1. The highest BCUT2D eigenvalue weighted by Gasteiger charge is 2.51. The predicted octanol–water partition coefficient (Wildman–Crippen LogP) is 2.88. The Hall–Kier alpha value is -4.54. The molecular weight excluding hydrogens is 522 g/mol. The third-order valence-electron chi connectivity index (χ3n) is 6.31. The molecule has 1 unspecified atom stereocenters. The number of nitrogen functional groups attached to an aromatic ring is 1. The highest BCUT2D eigenvalue weighted by atomic mass is 19.3. The molecule has 212 valence electrons. The van der Waals surface area contributed by atoms with E-state index in [1.807, 2.05) is 0 Å². The summed E-state index contributed by atoms with van der Waals surface area (Å²) in [5.41, 5.74) is 7.08. The molecule has 2 amide bonds. The van der Waals surface area contributed by atoms with Crippen molar-refractivity contribution in [2.24, 2.45) is 5.92 Å². The summed E-state index contributed by atoms with van der Waals surface area (Å²) in [5, 5.41) is 4.39. The van der Waals surface area contributed by atoms with Crippen LogP contribution in [0.5, 0.6) is 5.75 Å². The summed E-state index contributed by atoms with van der Waals surface area (Å²) in [4.78, 5) is 52.9. The van der Waals surface area contributed by atoms with Gasteiger partial charge in [-0.2, -0.15) is 8.78 Å². The van der Waals surface area contributed by atoms with E-state index in [0.717, 1.165) is 5.56 Å². The average Bonchev–Trinajstić information content (AvgIpc) is 2.94. The molecule has 0 bridgehead atoms. The van der Waals surface area contributed by atoms with E-state index in [4.69, 9.17) is 10.5 Å². The molecule has 0 spiro atoms. The number of aromatic nitrogens is 1. The van der Waals surface area contributed by atoms with Crippen LogP contribution < -0.4 is 26.7 Å². The van der Waals surface area contributed by atoms with E-state index in [1.54, 1.807) is 54.6 Å². The first-order valence-electron chi connectivity index (χ1n) is 12.6. The van der Waals surface area contributed by atoms with Gasteiger partial charge in [-0.3, -0.25) is 19.2 Å². The minimum Gasteiger partial charge on any atom is -0.497 e. The molecule has 11 heteroatoms. The van der Waals surface area contributed by atoms with Crippen molar-refractivity contribution in [3.05, 3.63) is 82.1 Å². The molecule has 2 aromatic carbocycles. The van der Waals surface area contributed by atoms with Gasteiger partial charge in [0.1, 0.15) is 11.4 Å². The van der Waals surface area contributed by atoms with E-state index in [2.05, 4.69) is 15.6 Å². The molecule has 40 heavy (non-hydrogen) atoms. The fourth-order valence-corrected chi connectivity index (χ4v) is 4.01. The Bertz CT molecular complexity index is 1410. The number of pyridine rings is 1. The lowest BCUT2D eigenvalue weighted by molar-refractivity contribution is -0.161. The topological polar surface area (TPSA) is 143 Å². The SMILES string of the molecule is COc1ccc(CCNC(=O)C(F)(F)C(=O)C(NC(=O)Cc2cc(-c3ccccc3)[nH]c(=O)c2N)C(C)C)cc1. The fraction of sp³-hybridized carbons (Fsp3) is 0.310. The second-order valence-corrected chi connectivity index (χ2v) is 9.58. The molecule has 0 radical (unpaired) electrons. The summed E-state index contributed by atoms with van der Waals surface area (Å²) in [5.74, 6) is -8.81. The van der Waals surface area contributed by atoms with Crippen LogP contribution in [0.15, 0.2) is 65.5 Å². The van der Waals surface area contributed by atoms with Gasteiger partial charge < -0.3 is 26.1 Å². The predicted molar refractivity (Wildman–Crippen MR) is 147 cm³/mol. The van der Waals surface area contributed by atoms with Gasteiger partial charge in [-0.15, -0.1) is 0 Å². The molecule has 3 aromatic rings. The maximum Gasteiger partial charge on any atom is 0.383 e. The Morgan fingerprint density at radius 1 is 1.05 bits per heavy atom. The molecule has 3 rings (SSSR count). The van der Waals surface area contributed by atoms with Crippen molar-refractivity contribution in [1.82, 2.24) is 15.6 Å². The van der Waals surface area contributed by atoms with Gasteiger partial charge in [-0.25, -0.2) is 0 Å². The number of H-pyrrole nitrogens is 1. The van der Waals surface area contributed by atoms with Gasteiger partial charge in [0.2, 0.25) is 11.7 Å². The van der Waals surface area contributed by atoms with E-state index in [-0.39, 0.29) is 24.2 Å². The number of benzene rings is 2. The van der Waals surface area contributed by atoms with E-state index < -0.39 is 47.5 Å². The number of carbonyl (C=O) groups is 3. The van der Waals surface area contributed by atoms with Crippen LogP contribution in [0, 0.1) is 5.92 Å². The van der Waals surface area contributed by atoms with Gasteiger partial charge >= 0.3 is 5.92 Å². The van der Waals surface area contributed by atoms with Gasteiger partial charge in [0, 0.05) is 12.2 Å². The number of alkyl halides is 2. The van der Waals surface area contributed by atoms with Crippen LogP contribution in [0.25, 0.3) is 11.3 Å². The Balaban J connectivity index is 1.67. The van der Waals surface area contributed by atoms with Gasteiger partial charge in [0.25, 0.3) is 11.5 Å². The molecule has 0 aliphatic rings. The van der Waals surface area contributed by atoms with Gasteiger partial charge in [-0.05, 0) is 47.2 Å². The number of ketones is 1. The molecule has 1 aromatic heterocycles. The van der Waals surface area contributed by atoms with Crippen LogP contribution in [-0.2, 0) is 27.2 Å². The highest BCUT2D eigenvalue weighted by molar-refractivity contribution is 6.10. The number of amides is 2. The maximum absolute atomic E-state index is 14.9. The van der Waals surface area contributed by atoms with Crippen LogP contribution in [-0.4, -0.2) is 48.2 Å². The number of nitrogens with one attached hydrogen (secondary N) is 3. The Labute approximate surface area is 230 Å². The molecule has 0 aliphatic heterocycles. The minimum atomic E-state index is -4.38. The number of carbonyl (C=O) groups excluding carboxylic acids is 3. The molecule has 1 atom stereocenters. The normalized spacial score (nSPS) is 12.1. The molecule has 0 aliphatic carbocycles. The Morgan fingerprint density at radius 3 is 2.30 bits per heavy atom. The van der Waals surface area contributed by atoms with Crippen molar-refractivity contribution >= 4 is 23.3 Å². The lowest BCUT2D eigenvalue weighted by Gasteiger charge is -2.25. The van der Waals surface area contributed by atoms with Crippen LogP contribution >= 0.6 is 0 Å². The van der Waals surface area contributed by atoms with Crippen LogP contribution in [0.2, 0.25) is 0 Å². The number of anilines is 1. The third kappa shape index (κ3) is 7.31. The minimum absolute atomic E-state index is 0.127. The number of Topliss-reactive ketones (excluding diaryl/α,β-unsaturated/α-hetero) is 1. The third-order valence-corrected chi connectivity index (χ3v) is 6.31. The van der Waals surface area contributed by atoms with Gasteiger partial charge in [0.15, 0.2) is 0 Å². The molecule has 5 N–H and O–H groups in total. The van der Waals surface area contributed by atoms with Crippen LogP contribution in [0.1, 0.15) is 25.0 Å². The summed E-state index contributed by atoms with van der Waals surface area (Å²) >= 11 is 0. The summed E-state index contributed by atoms with van der Waals surface area (Å²) in [6.45, 7) is 2.81. The standard InChI is InChI=1S/C29H32F2N4O5/c1-17(2)25(26(37)29(30,31)28(39)33-14-13-18-9-11-21(40-3)12-10-18)35-23(36)16-20-15-22(34-27(38)24(20)32)19-7-5-4-6-8-19/h4-12,15,17,25H,13-14,16,32H2,1-3H3,(H,33,39)(H,34,38)(H,35,36). The van der Waals surface area contributed by atoms with Crippen molar-refractivity contribution in [3.8, 4) is 17.0 Å². The second kappa shape index (κ2) is 13.0. The highest BCUT2D eigenvalue weighted by Crippen LogP contribution is 2.22. The average molecular weight is 555 g/mol. The monoisotopic (exact) mass is 554 g/mol. The van der Waals surface area contributed by atoms with E-state index >= 15 is 0 Å². The molecule has 9 nitrogen and oxygen atoms in total. The van der Waals surface area contributed by atoms with Gasteiger partial charge in [0.05, 0.1) is 19.6 Å². The second-order valence-electron chi connectivity index (χ2n) is 9.58. The zero-order chi connectivity index (χ0) is 29.4. The van der Waals surface area contributed by atoms with Crippen molar-refractivity contribution in [2.75, 3.05) is 19.4 Å². The van der Waals surface area contributed by atoms with E-state index in [1.165, 1.54) is 27.0 Å². The summed E-state index contributed by atoms with van der Waals surface area (Å²) in [7, 11) is 1.52. The first-order chi connectivity index (χ1) is 18.9. The molecule has 0 saturated carbocycles. The lowest BCUT2D eigenvalue weighted by atomic mass is 9.94. The van der Waals surface area contributed by atoms with Crippen LogP contribution in [0.3, 0.4) is 0 Å². The maximum atomic E-state index is 14.9. The smallest absolute Gasteiger partial charge is 0.383 e. The number of hydrogen-bond acceptors (Lipinski definition) is 6. The largest absolute Gasteiger partial charge is 0.497 e. The van der Waals surface area contributed by atoms with Crippen molar-refractivity contribution in [2.45, 2.75) is 38.7 Å². The molecule has 1 heterocycles. The van der Waals surface area contributed by atoms with Crippen molar-refractivity contribution in [1.29, 1.82) is 0 Å². The van der Waals surface area contributed by atoms with Gasteiger partial charge in [-0.1, -0.05) is 56.3 Å². The Morgan fingerprint density at radius 2 is 1.70 bits per heavy atom. The van der Waals surface area contributed by atoms with E-state index in [9.17, 15) is 28.0 Å². The van der Waals surface area contributed by atoms with Crippen LogP contribution in [0.4, 0.5) is 14.5 Å². The zero-order valence-corrected chi connectivity index (χ0v) is 22.4. The molecule has 0 fully saturated rings. The molecular formula is C29H32F2N4O5.